The lowest BCUT2D eigenvalue weighted by Gasteiger charge is -2.32. The number of phenols is 1. The summed E-state index contributed by atoms with van der Waals surface area (Å²) >= 11 is 6.05. The Balaban J connectivity index is 1.50. The van der Waals surface area contributed by atoms with Crippen LogP contribution in [0, 0.1) is 0 Å². The molecule has 332 valence electrons. The summed E-state index contributed by atoms with van der Waals surface area (Å²) in [5, 5.41) is 24.8. The molecule has 4 aromatic carbocycles. The van der Waals surface area contributed by atoms with Gasteiger partial charge in [-0.1, -0.05) is 48.0 Å². The van der Waals surface area contributed by atoms with E-state index in [9.17, 15) is 38.7 Å². The molecular formula is C46H52ClN7O9. The van der Waals surface area contributed by atoms with E-state index in [0.29, 0.717) is 58.8 Å². The van der Waals surface area contributed by atoms with E-state index in [1.54, 1.807) is 66.7 Å². The van der Waals surface area contributed by atoms with Gasteiger partial charge in [0.2, 0.25) is 30.0 Å². The van der Waals surface area contributed by atoms with Gasteiger partial charge in [-0.05, 0) is 110 Å². The average Bonchev–Trinajstić information content (AvgIpc) is 3.27. The zero-order valence-corrected chi connectivity index (χ0v) is 36.2. The normalized spacial score (nSPS) is 17.1. The van der Waals surface area contributed by atoms with E-state index in [1.807, 2.05) is 12.1 Å². The van der Waals surface area contributed by atoms with Crippen molar-refractivity contribution >= 4 is 53.3 Å². The molecule has 8 N–H and O–H groups in total. The lowest BCUT2D eigenvalue weighted by molar-refractivity contribution is -0.141. The van der Waals surface area contributed by atoms with E-state index in [2.05, 4.69) is 26.6 Å². The number of likely N-dealkylation sites (N-methyl/N-ethyl adjacent to an activating group) is 1. The summed E-state index contributed by atoms with van der Waals surface area (Å²) in [5.41, 5.74) is 9.24. The van der Waals surface area contributed by atoms with Crippen molar-refractivity contribution in [2.45, 2.75) is 69.7 Å². The second kappa shape index (κ2) is 21.8. The fourth-order valence-corrected chi connectivity index (χ4v) is 7.32. The number of phenolic OH excluding ortho intramolecular Hbond substituents is 1. The molecule has 5 rings (SSSR count). The number of hydrogen-bond donors (Lipinski definition) is 7. The van der Waals surface area contributed by atoms with E-state index < -0.39 is 65.5 Å². The zero-order chi connectivity index (χ0) is 45.8. The number of nitrogens with two attached hydrogens (primary N) is 1. The van der Waals surface area contributed by atoms with E-state index in [4.69, 9.17) is 22.1 Å². The maximum atomic E-state index is 14.6. The number of hydrogen-bond acceptors (Lipinski definition) is 10. The Labute approximate surface area is 370 Å². The third kappa shape index (κ3) is 12.0. The number of carbonyl (C=O) groups excluding carboxylic acids is 7. The van der Waals surface area contributed by atoms with Crippen molar-refractivity contribution in [3.05, 3.63) is 107 Å². The van der Waals surface area contributed by atoms with E-state index in [1.165, 1.54) is 39.0 Å². The Kier molecular flexibility index (Phi) is 16.4. The van der Waals surface area contributed by atoms with Crippen molar-refractivity contribution in [3.8, 4) is 33.8 Å². The summed E-state index contributed by atoms with van der Waals surface area (Å²) in [5.74, 6) is -3.72. The van der Waals surface area contributed by atoms with Gasteiger partial charge in [-0.3, -0.25) is 33.6 Å². The van der Waals surface area contributed by atoms with Crippen LogP contribution in [-0.2, 0) is 35.2 Å². The number of nitrogens with zero attached hydrogens (tertiary/aromatic N) is 1. The molecular weight excluding hydrogens is 830 g/mol. The molecule has 0 saturated heterocycles. The van der Waals surface area contributed by atoms with Gasteiger partial charge in [-0.15, -0.1) is 0 Å². The maximum absolute atomic E-state index is 14.6. The molecule has 1 heterocycles. The van der Waals surface area contributed by atoms with Crippen molar-refractivity contribution in [3.63, 3.8) is 0 Å². The molecule has 0 aromatic heterocycles. The van der Waals surface area contributed by atoms with Crippen LogP contribution in [0.15, 0.2) is 84.9 Å². The van der Waals surface area contributed by atoms with E-state index >= 15 is 0 Å². The topological polar surface area (TPSA) is 238 Å². The van der Waals surface area contributed by atoms with Gasteiger partial charge >= 0.3 is 0 Å². The molecule has 0 radical (unpaired) electrons. The SMILES string of the molecule is COc1ccc2cc1-c1cc(ccc1O)CC(C(=O)NC(C)C(=O)CNC=O)NC(=O)C(C)NC(=O)C2N(C)C(=O)C(CCCCN)NC(=O)c1ccc(-c2ccc(Cl)cc2)cc1. The number of carbonyl (C=O) groups is 7. The third-order valence-corrected chi connectivity index (χ3v) is 11.0. The number of nitrogens with one attached hydrogen (secondary N) is 5. The first kappa shape index (κ1) is 47.3. The molecule has 5 atom stereocenters. The van der Waals surface area contributed by atoms with Gasteiger partial charge in [-0.2, -0.15) is 0 Å². The summed E-state index contributed by atoms with van der Waals surface area (Å²) in [6, 6.07) is 17.4. The highest BCUT2D eigenvalue weighted by Crippen LogP contribution is 2.39. The summed E-state index contributed by atoms with van der Waals surface area (Å²) in [6.45, 7) is 2.87. The lowest BCUT2D eigenvalue weighted by Crippen LogP contribution is -2.57. The smallest absolute Gasteiger partial charge is 0.251 e. The van der Waals surface area contributed by atoms with Crippen LogP contribution in [0.25, 0.3) is 22.3 Å². The zero-order valence-electron chi connectivity index (χ0n) is 35.4. The van der Waals surface area contributed by atoms with Crippen molar-refractivity contribution in [2.24, 2.45) is 5.73 Å². The number of ketones is 1. The van der Waals surface area contributed by atoms with Crippen LogP contribution in [0.3, 0.4) is 0 Å². The lowest BCUT2D eigenvalue weighted by atomic mass is 9.93. The summed E-state index contributed by atoms with van der Waals surface area (Å²) in [7, 11) is 2.85. The van der Waals surface area contributed by atoms with Crippen LogP contribution in [0.5, 0.6) is 11.5 Å². The van der Waals surface area contributed by atoms with Gasteiger partial charge in [0, 0.05) is 35.2 Å². The molecule has 1 aliphatic heterocycles. The third-order valence-electron chi connectivity index (χ3n) is 10.8. The Morgan fingerprint density at radius 3 is 2.25 bits per heavy atom. The first-order chi connectivity index (χ1) is 30.1. The predicted molar refractivity (Wildman–Crippen MR) is 237 cm³/mol. The highest BCUT2D eigenvalue weighted by Gasteiger charge is 2.36. The molecule has 63 heavy (non-hydrogen) atoms. The Bertz CT molecular complexity index is 2320. The number of benzene rings is 4. The quantitative estimate of drug-likeness (QED) is 0.0641. The van der Waals surface area contributed by atoms with Gasteiger partial charge in [-0.25, -0.2) is 0 Å². The molecule has 17 heteroatoms. The van der Waals surface area contributed by atoms with Gasteiger partial charge in [0.1, 0.15) is 35.7 Å². The fraction of sp³-hybridized carbons (Fsp3) is 0.326. The van der Waals surface area contributed by atoms with Crippen LogP contribution in [-0.4, -0.2) is 103 Å². The summed E-state index contributed by atoms with van der Waals surface area (Å²) in [4.78, 5) is 94.7. The predicted octanol–water partition coefficient (Wildman–Crippen LogP) is 3.18. The Hall–Kier alpha value is -6.78. The van der Waals surface area contributed by atoms with Crippen molar-refractivity contribution in [1.29, 1.82) is 0 Å². The molecule has 5 unspecified atom stereocenters. The van der Waals surface area contributed by atoms with Gasteiger partial charge in [0.15, 0.2) is 5.78 Å². The average molecular weight is 882 g/mol. The number of fused-ring (bicyclic) bond motifs is 5. The monoisotopic (exact) mass is 881 g/mol. The fourth-order valence-electron chi connectivity index (χ4n) is 7.19. The molecule has 0 fully saturated rings. The van der Waals surface area contributed by atoms with Crippen LogP contribution < -0.4 is 37.1 Å². The Morgan fingerprint density at radius 2 is 1.60 bits per heavy atom. The highest BCUT2D eigenvalue weighted by molar-refractivity contribution is 6.30. The molecule has 4 bridgehead atoms. The van der Waals surface area contributed by atoms with Crippen molar-refractivity contribution in [2.75, 3.05) is 27.2 Å². The van der Waals surface area contributed by atoms with Crippen LogP contribution in [0.2, 0.25) is 5.02 Å². The maximum Gasteiger partial charge on any atom is 0.251 e. The van der Waals surface area contributed by atoms with E-state index in [-0.39, 0.29) is 30.7 Å². The number of halogens is 1. The minimum absolute atomic E-state index is 0.0926. The number of Topliss-reactive ketones (excluding diaryl/α,β-unsaturated/α-hetero) is 1. The number of amides is 6. The second-order valence-corrected chi connectivity index (χ2v) is 15.7. The molecule has 0 aliphatic carbocycles. The van der Waals surface area contributed by atoms with Crippen LogP contribution >= 0.6 is 11.6 Å². The Morgan fingerprint density at radius 1 is 0.921 bits per heavy atom. The molecule has 4 aromatic rings. The first-order valence-electron chi connectivity index (χ1n) is 20.4. The van der Waals surface area contributed by atoms with E-state index in [0.717, 1.165) is 11.1 Å². The number of aromatic hydroxyl groups is 1. The summed E-state index contributed by atoms with van der Waals surface area (Å²) in [6.07, 6.45) is 1.49. The minimum Gasteiger partial charge on any atom is -0.507 e. The number of unbranched alkanes of at least 4 members (excludes halogenated alkanes) is 1. The summed E-state index contributed by atoms with van der Waals surface area (Å²) < 4.78 is 5.68. The van der Waals surface area contributed by atoms with Gasteiger partial charge in [0.05, 0.1) is 19.7 Å². The molecule has 0 spiro atoms. The van der Waals surface area contributed by atoms with Gasteiger partial charge in [0.25, 0.3) is 5.91 Å². The largest absolute Gasteiger partial charge is 0.507 e. The molecule has 0 saturated carbocycles. The number of rotatable bonds is 16. The standard InChI is InChI=1S/C46H52ClN7O9/c1-26(39(57)24-49-25-55)50-44(60)37-22-28-8-18-38(56)34(21-28)35-23-32(15-19-40(35)63-4)41(45(61)51-27(2)42(58)53-37)54(3)46(62)36(7-5-6-20-48)52-43(59)31-11-9-29(10-12-31)30-13-16-33(47)17-14-30/h8-19,21,23,25-27,36-37,41,56H,5-7,20,22,24,48H2,1-4H3,(H,49,55)(H,50,60)(H,51,61)(H,52,59)(H,53,58). The number of methoxy groups -OCH3 is 1. The van der Waals surface area contributed by atoms with Crippen LogP contribution in [0.1, 0.15) is 60.6 Å². The molecule has 6 amide bonds. The second-order valence-electron chi connectivity index (χ2n) is 15.2. The molecule has 16 nitrogen and oxygen atoms in total. The first-order valence-corrected chi connectivity index (χ1v) is 20.8. The number of ether oxygens (including phenoxy) is 1. The minimum atomic E-state index is -1.40. The molecule has 1 aliphatic rings. The highest BCUT2D eigenvalue weighted by atomic mass is 35.5. The van der Waals surface area contributed by atoms with Crippen molar-refractivity contribution in [1.82, 2.24) is 31.5 Å². The van der Waals surface area contributed by atoms with Crippen LogP contribution in [0.4, 0.5) is 0 Å². The van der Waals surface area contributed by atoms with Crippen molar-refractivity contribution < 1.29 is 43.4 Å². The van der Waals surface area contributed by atoms with Gasteiger partial charge < -0.3 is 47.1 Å².